The highest BCUT2D eigenvalue weighted by molar-refractivity contribution is 4.79. The number of nitrogens with one attached hydrogen (secondary N) is 1. The molecule has 10 heavy (non-hydrogen) atoms. The van der Waals surface area contributed by atoms with E-state index >= 15 is 0 Å². The number of rotatable bonds is 5. The average molecular weight is 148 g/mol. The first-order chi connectivity index (χ1) is 4.31. The summed E-state index contributed by atoms with van der Waals surface area (Å²) >= 11 is 0. The molecule has 0 spiro atoms. The second kappa shape index (κ2) is 8.58. The Morgan fingerprint density at radius 3 is 2.60 bits per heavy atom. The third kappa shape index (κ3) is 7.58. The van der Waals surface area contributed by atoms with Gasteiger partial charge in [-0.15, -0.1) is 6.58 Å². The Morgan fingerprint density at radius 2 is 2.20 bits per heavy atom. The highest BCUT2D eigenvalue weighted by Gasteiger charge is 1.93. The summed E-state index contributed by atoms with van der Waals surface area (Å²) < 4.78 is 0. The lowest BCUT2D eigenvalue weighted by atomic mass is 10.3. The Labute approximate surface area is 61.1 Å². The van der Waals surface area contributed by atoms with Crippen molar-refractivity contribution < 1.29 is 10.2 Å². The van der Waals surface area contributed by atoms with Gasteiger partial charge in [0.05, 0.1) is 12.7 Å². The van der Waals surface area contributed by atoms with Crippen molar-refractivity contribution >= 4 is 0 Å². The van der Waals surface area contributed by atoms with E-state index in [-0.39, 0.29) is 12.8 Å². The molecule has 0 aromatic carbocycles. The molecule has 0 saturated heterocycles. The van der Waals surface area contributed by atoms with Gasteiger partial charge in [0.25, 0.3) is 0 Å². The van der Waals surface area contributed by atoms with E-state index < -0.39 is 6.10 Å². The van der Waals surface area contributed by atoms with Crippen molar-refractivity contribution in [2.45, 2.75) is 6.10 Å². The maximum atomic E-state index is 8.82. The Hall–Kier alpha value is -0.420. The number of aliphatic hydroxyl groups is 2. The molecule has 0 aromatic rings. The zero-order chi connectivity index (χ0) is 7.11. The molecule has 0 radical (unpaired) electrons. The van der Waals surface area contributed by atoms with Crippen molar-refractivity contribution in [3.05, 3.63) is 12.7 Å². The Balaban J connectivity index is 0. The molecule has 1 atom stereocenters. The van der Waals surface area contributed by atoms with E-state index in [0.29, 0.717) is 13.1 Å². The van der Waals surface area contributed by atoms with Gasteiger partial charge in [0, 0.05) is 13.1 Å². The van der Waals surface area contributed by atoms with Gasteiger partial charge in [-0.05, 0) is 0 Å². The van der Waals surface area contributed by atoms with Gasteiger partial charge in [-0.1, -0.05) is 6.08 Å². The summed E-state index contributed by atoms with van der Waals surface area (Å²) in [6, 6.07) is 0. The number of hydrogen-bond acceptors (Lipinski definition) is 4. The van der Waals surface area contributed by atoms with Crippen molar-refractivity contribution in [3.63, 3.8) is 0 Å². The van der Waals surface area contributed by atoms with Crippen molar-refractivity contribution in [1.82, 2.24) is 11.5 Å². The lowest BCUT2D eigenvalue weighted by Crippen LogP contribution is -2.27. The quantitative estimate of drug-likeness (QED) is 0.306. The summed E-state index contributed by atoms with van der Waals surface area (Å²) in [6.07, 6.45) is 0.946. The summed E-state index contributed by atoms with van der Waals surface area (Å²) in [6.45, 7) is 4.47. The van der Waals surface area contributed by atoms with Crippen LogP contribution in [-0.2, 0) is 0 Å². The maximum Gasteiger partial charge on any atom is 0.0842 e. The predicted molar refractivity (Wildman–Crippen MR) is 41.2 cm³/mol. The molecule has 4 nitrogen and oxygen atoms in total. The molecule has 0 aromatic heterocycles. The normalized spacial score (nSPS) is 11.8. The summed E-state index contributed by atoms with van der Waals surface area (Å²) in [5.74, 6) is 0. The van der Waals surface area contributed by atoms with Gasteiger partial charge in [0.2, 0.25) is 0 Å². The third-order valence-electron chi connectivity index (χ3n) is 0.914. The van der Waals surface area contributed by atoms with Gasteiger partial charge < -0.3 is 21.7 Å². The van der Waals surface area contributed by atoms with Gasteiger partial charge in [-0.25, -0.2) is 0 Å². The van der Waals surface area contributed by atoms with E-state index in [4.69, 9.17) is 10.2 Å². The van der Waals surface area contributed by atoms with E-state index in [1.165, 1.54) is 6.08 Å². The minimum Gasteiger partial charge on any atom is -0.395 e. The number of aliphatic hydroxyl groups excluding tert-OH is 2. The smallest absolute Gasteiger partial charge is 0.0842 e. The second-order valence-electron chi connectivity index (χ2n) is 1.73. The lowest BCUT2D eigenvalue weighted by Gasteiger charge is -2.04. The summed E-state index contributed by atoms with van der Waals surface area (Å²) in [5.41, 5.74) is 0. The standard InChI is InChI=1S/C6H13NO2.H3N/c1-2-6(9)5-7-3-4-8;/h2,6-9H,1,3-5H2;1H3. The monoisotopic (exact) mass is 148 g/mol. The van der Waals surface area contributed by atoms with Gasteiger partial charge >= 0.3 is 0 Å². The molecular weight excluding hydrogens is 132 g/mol. The molecule has 0 fully saturated rings. The van der Waals surface area contributed by atoms with Crippen molar-refractivity contribution in [1.29, 1.82) is 0 Å². The largest absolute Gasteiger partial charge is 0.395 e. The van der Waals surface area contributed by atoms with Crippen molar-refractivity contribution in [2.24, 2.45) is 0 Å². The van der Waals surface area contributed by atoms with Gasteiger partial charge in [-0.2, -0.15) is 0 Å². The highest BCUT2D eigenvalue weighted by Crippen LogP contribution is 1.77. The summed E-state index contributed by atoms with van der Waals surface area (Å²) in [5, 5.41) is 19.9. The van der Waals surface area contributed by atoms with E-state index in [2.05, 4.69) is 11.9 Å². The first-order valence-corrected chi connectivity index (χ1v) is 2.93. The van der Waals surface area contributed by atoms with Gasteiger partial charge in [-0.3, -0.25) is 0 Å². The zero-order valence-electron chi connectivity index (χ0n) is 6.08. The van der Waals surface area contributed by atoms with E-state index in [1.54, 1.807) is 0 Å². The molecule has 0 aliphatic heterocycles. The highest BCUT2D eigenvalue weighted by atomic mass is 16.3. The molecule has 0 rings (SSSR count). The van der Waals surface area contributed by atoms with Crippen molar-refractivity contribution in [3.8, 4) is 0 Å². The minimum atomic E-state index is -0.503. The third-order valence-corrected chi connectivity index (χ3v) is 0.914. The molecule has 0 bridgehead atoms. The lowest BCUT2D eigenvalue weighted by molar-refractivity contribution is 0.212. The predicted octanol–water partition coefficient (Wildman–Crippen LogP) is -0.723. The molecule has 0 heterocycles. The molecule has 0 aliphatic rings. The summed E-state index contributed by atoms with van der Waals surface area (Å²) in [7, 11) is 0. The fourth-order valence-corrected chi connectivity index (χ4v) is 0.412. The van der Waals surface area contributed by atoms with Crippen molar-refractivity contribution in [2.75, 3.05) is 19.7 Å². The molecule has 4 heteroatoms. The van der Waals surface area contributed by atoms with Crippen LogP contribution in [0.3, 0.4) is 0 Å². The second-order valence-corrected chi connectivity index (χ2v) is 1.73. The maximum absolute atomic E-state index is 8.82. The summed E-state index contributed by atoms with van der Waals surface area (Å²) in [4.78, 5) is 0. The first-order valence-electron chi connectivity index (χ1n) is 2.93. The van der Waals surface area contributed by atoms with Crippen LogP contribution < -0.4 is 11.5 Å². The average Bonchev–Trinajstić information content (AvgIpc) is 1.89. The molecule has 6 N–H and O–H groups in total. The fourth-order valence-electron chi connectivity index (χ4n) is 0.412. The molecule has 0 aliphatic carbocycles. The van der Waals surface area contributed by atoms with E-state index in [9.17, 15) is 0 Å². The molecule has 0 amide bonds. The molecule has 62 valence electrons. The van der Waals surface area contributed by atoms with Crippen LogP contribution in [0.25, 0.3) is 0 Å². The van der Waals surface area contributed by atoms with Crippen LogP contribution in [0.4, 0.5) is 0 Å². The van der Waals surface area contributed by atoms with Gasteiger partial charge in [0.15, 0.2) is 0 Å². The van der Waals surface area contributed by atoms with Crippen LogP contribution in [0.15, 0.2) is 12.7 Å². The van der Waals surface area contributed by atoms with Crippen LogP contribution in [0.5, 0.6) is 0 Å². The fraction of sp³-hybridized carbons (Fsp3) is 0.667. The molecule has 1 unspecified atom stereocenters. The van der Waals surface area contributed by atoms with Crippen LogP contribution in [0, 0.1) is 0 Å². The van der Waals surface area contributed by atoms with Crippen LogP contribution in [0.2, 0.25) is 0 Å². The SMILES string of the molecule is C=CC(O)CNCCO.N. The van der Waals surface area contributed by atoms with E-state index in [0.717, 1.165) is 0 Å². The molecular formula is C6H16N2O2. The zero-order valence-corrected chi connectivity index (χ0v) is 6.08. The number of hydrogen-bond donors (Lipinski definition) is 4. The van der Waals surface area contributed by atoms with Crippen LogP contribution in [0.1, 0.15) is 0 Å². The van der Waals surface area contributed by atoms with Crippen LogP contribution >= 0.6 is 0 Å². The molecule has 0 saturated carbocycles. The topological polar surface area (TPSA) is 87.5 Å². The Bertz CT molecular complexity index is 78.1. The van der Waals surface area contributed by atoms with Gasteiger partial charge in [0.1, 0.15) is 0 Å². The Kier molecular flexibility index (Phi) is 10.5. The minimum absolute atomic E-state index is 0. The Morgan fingerprint density at radius 1 is 1.60 bits per heavy atom. The first kappa shape index (κ1) is 12.3. The van der Waals surface area contributed by atoms with Crippen LogP contribution in [-0.4, -0.2) is 36.0 Å². The van der Waals surface area contributed by atoms with E-state index in [1.807, 2.05) is 0 Å².